The Labute approximate surface area is 195 Å². The molecule has 0 spiro atoms. The van der Waals surface area contributed by atoms with E-state index in [1.165, 1.54) is 35.5 Å². The number of carbonyl (C=O) groups excluding carboxylic acids is 3. The highest BCUT2D eigenvalue weighted by Crippen LogP contribution is 2.19. The number of amides is 2. The molecule has 2 rings (SSSR count). The molecule has 10 nitrogen and oxygen atoms in total. The summed E-state index contributed by atoms with van der Waals surface area (Å²) in [6.45, 7) is 9.58. The molecule has 0 saturated carbocycles. The number of carbonyl (C=O) groups is 3. The van der Waals surface area contributed by atoms with Crippen LogP contribution in [0.5, 0.6) is 0 Å². The molecule has 0 aliphatic carbocycles. The maximum Gasteiger partial charge on any atom is 0.329 e. The highest BCUT2D eigenvalue weighted by atomic mass is 32.2. The van der Waals surface area contributed by atoms with Gasteiger partial charge in [-0.2, -0.15) is 4.31 Å². The van der Waals surface area contributed by atoms with Crippen LogP contribution in [0.4, 0.5) is 0 Å². The Morgan fingerprint density at radius 2 is 1.67 bits per heavy atom. The van der Waals surface area contributed by atoms with Crippen LogP contribution in [-0.2, 0) is 29.1 Å². The second-order valence-electron chi connectivity index (χ2n) is 8.48. The van der Waals surface area contributed by atoms with Crippen LogP contribution in [0.3, 0.4) is 0 Å². The standard InChI is InChI=1S/C22H33N3O7S/c1-14(2)19(22(28)32-16(5)20(26)23-15(3)4)24-21(27)17-7-6-8-18(13-17)33(29,30)25-9-11-31-12-10-25/h6-8,13-16,19H,9-12H2,1-5H3,(H,23,26)(H,24,27)/t16?,19-/m0/s1. The summed E-state index contributed by atoms with van der Waals surface area (Å²) in [6.07, 6.45) is -1.03. The van der Waals surface area contributed by atoms with Gasteiger partial charge in [0.1, 0.15) is 6.04 Å². The van der Waals surface area contributed by atoms with Crippen molar-refractivity contribution in [2.45, 2.75) is 57.7 Å². The number of ether oxygens (including phenoxy) is 2. The number of morpholine rings is 1. The van der Waals surface area contributed by atoms with Crippen molar-refractivity contribution in [3.63, 3.8) is 0 Å². The van der Waals surface area contributed by atoms with E-state index in [1.807, 2.05) is 0 Å². The molecule has 0 aromatic heterocycles. The molecular formula is C22H33N3O7S. The Kier molecular flexibility index (Phi) is 9.38. The number of rotatable bonds is 9. The average Bonchev–Trinajstić information content (AvgIpc) is 2.77. The second-order valence-corrected chi connectivity index (χ2v) is 10.4. The summed E-state index contributed by atoms with van der Waals surface area (Å²) in [5.74, 6) is -2.14. The normalized spacial score (nSPS) is 16.8. The lowest BCUT2D eigenvalue weighted by molar-refractivity contribution is -0.157. The Morgan fingerprint density at radius 1 is 1.03 bits per heavy atom. The van der Waals surface area contributed by atoms with Crippen LogP contribution in [0.15, 0.2) is 29.2 Å². The monoisotopic (exact) mass is 483 g/mol. The zero-order valence-electron chi connectivity index (χ0n) is 19.7. The van der Waals surface area contributed by atoms with Gasteiger partial charge in [-0.15, -0.1) is 0 Å². The SMILES string of the molecule is CC(C)NC(=O)C(C)OC(=O)[C@@H](NC(=O)c1cccc(S(=O)(=O)N2CCOCC2)c1)C(C)C. The van der Waals surface area contributed by atoms with Gasteiger partial charge in [-0.25, -0.2) is 13.2 Å². The summed E-state index contributed by atoms with van der Waals surface area (Å²) in [5.41, 5.74) is 0.0911. The Balaban J connectivity index is 2.13. The first-order valence-corrected chi connectivity index (χ1v) is 12.4. The molecule has 1 heterocycles. The van der Waals surface area contributed by atoms with Gasteiger partial charge in [0.05, 0.1) is 18.1 Å². The van der Waals surface area contributed by atoms with Gasteiger partial charge in [-0.3, -0.25) is 9.59 Å². The molecule has 0 bridgehead atoms. The number of hydrogen-bond donors (Lipinski definition) is 2. The van der Waals surface area contributed by atoms with E-state index < -0.39 is 40.0 Å². The number of benzene rings is 1. The van der Waals surface area contributed by atoms with Crippen LogP contribution in [0, 0.1) is 5.92 Å². The summed E-state index contributed by atoms with van der Waals surface area (Å²) in [4.78, 5) is 37.5. The number of sulfonamides is 1. The van der Waals surface area contributed by atoms with Crippen molar-refractivity contribution in [2.75, 3.05) is 26.3 Å². The lowest BCUT2D eigenvalue weighted by atomic mass is 10.0. The molecule has 1 aromatic carbocycles. The van der Waals surface area contributed by atoms with Crippen LogP contribution in [-0.4, -0.2) is 75.0 Å². The van der Waals surface area contributed by atoms with Gasteiger partial charge in [-0.1, -0.05) is 19.9 Å². The van der Waals surface area contributed by atoms with Crippen molar-refractivity contribution in [3.05, 3.63) is 29.8 Å². The molecule has 2 atom stereocenters. The highest BCUT2D eigenvalue weighted by Gasteiger charge is 2.31. The molecule has 1 aromatic rings. The zero-order valence-corrected chi connectivity index (χ0v) is 20.5. The molecule has 1 saturated heterocycles. The van der Waals surface area contributed by atoms with Gasteiger partial charge in [0, 0.05) is 24.7 Å². The minimum Gasteiger partial charge on any atom is -0.451 e. The molecule has 11 heteroatoms. The van der Waals surface area contributed by atoms with Gasteiger partial charge in [0.25, 0.3) is 11.8 Å². The average molecular weight is 484 g/mol. The van der Waals surface area contributed by atoms with Gasteiger partial charge >= 0.3 is 5.97 Å². The lowest BCUT2D eigenvalue weighted by Crippen LogP contribution is -2.48. The molecule has 2 N–H and O–H groups in total. The fraction of sp³-hybridized carbons (Fsp3) is 0.591. The minimum atomic E-state index is -3.78. The predicted octanol–water partition coefficient (Wildman–Crippen LogP) is 0.918. The van der Waals surface area contributed by atoms with E-state index in [4.69, 9.17) is 9.47 Å². The lowest BCUT2D eigenvalue weighted by Gasteiger charge is -2.26. The van der Waals surface area contributed by atoms with Crippen molar-refractivity contribution >= 4 is 27.8 Å². The molecule has 2 amide bonds. The van der Waals surface area contributed by atoms with Gasteiger partial charge in [0.15, 0.2) is 6.10 Å². The molecule has 1 aliphatic rings. The molecule has 33 heavy (non-hydrogen) atoms. The van der Waals surface area contributed by atoms with Gasteiger partial charge < -0.3 is 20.1 Å². The zero-order chi connectivity index (χ0) is 24.8. The maximum absolute atomic E-state index is 12.9. The first kappa shape index (κ1) is 26.7. The third kappa shape index (κ3) is 7.24. The second kappa shape index (κ2) is 11.6. The summed E-state index contributed by atoms with van der Waals surface area (Å²) in [5, 5.41) is 5.26. The smallest absolute Gasteiger partial charge is 0.329 e. The Bertz CT molecular complexity index is 956. The largest absolute Gasteiger partial charge is 0.451 e. The van der Waals surface area contributed by atoms with Crippen molar-refractivity contribution in [2.24, 2.45) is 5.92 Å². The van der Waals surface area contributed by atoms with E-state index in [9.17, 15) is 22.8 Å². The van der Waals surface area contributed by atoms with Gasteiger partial charge in [0.2, 0.25) is 10.0 Å². The number of esters is 1. The first-order valence-electron chi connectivity index (χ1n) is 10.9. The Morgan fingerprint density at radius 3 is 2.24 bits per heavy atom. The highest BCUT2D eigenvalue weighted by molar-refractivity contribution is 7.89. The van der Waals surface area contributed by atoms with E-state index in [1.54, 1.807) is 27.7 Å². The van der Waals surface area contributed by atoms with E-state index in [0.29, 0.717) is 13.2 Å². The van der Waals surface area contributed by atoms with E-state index in [2.05, 4.69) is 10.6 Å². The molecular weight excluding hydrogens is 450 g/mol. The number of nitrogens with zero attached hydrogens (tertiary/aromatic N) is 1. The Hall–Kier alpha value is -2.50. The number of nitrogens with one attached hydrogen (secondary N) is 2. The molecule has 1 unspecified atom stereocenters. The van der Waals surface area contributed by atoms with E-state index >= 15 is 0 Å². The van der Waals surface area contributed by atoms with Crippen LogP contribution >= 0.6 is 0 Å². The van der Waals surface area contributed by atoms with Crippen molar-refractivity contribution in [1.29, 1.82) is 0 Å². The van der Waals surface area contributed by atoms with Crippen LogP contribution in [0.2, 0.25) is 0 Å². The molecule has 184 valence electrons. The molecule has 0 radical (unpaired) electrons. The van der Waals surface area contributed by atoms with E-state index in [-0.39, 0.29) is 35.5 Å². The predicted molar refractivity (Wildman–Crippen MR) is 121 cm³/mol. The van der Waals surface area contributed by atoms with Crippen LogP contribution < -0.4 is 10.6 Å². The van der Waals surface area contributed by atoms with Crippen molar-refractivity contribution in [1.82, 2.24) is 14.9 Å². The third-order valence-corrected chi connectivity index (χ3v) is 6.90. The minimum absolute atomic E-state index is 0.0142. The topological polar surface area (TPSA) is 131 Å². The summed E-state index contributed by atoms with van der Waals surface area (Å²) < 4.78 is 37.5. The van der Waals surface area contributed by atoms with E-state index in [0.717, 1.165) is 0 Å². The first-order chi connectivity index (χ1) is 15.4. The summed E-state index contributed by atoms with van der Waals surface area (Å²) in [6, 6.07) is 4.51. The fourth-order valence-electron chi connectivity index (χ4n) is 3.16. The molecule has 1 aliphatic heterocycles. The van der Waals surface area contributed by atoms with Crippen LogP contribution in [0.25, 0.3) is 0 Å². The molecule has 1 fully saturated rings. The number of hydrogen-bond acceptors (Lipinski definition) is 7. The van der Waals surface area contributed by atoms with Crippen molar-refractivity contribution in [3.8, 4) is 0 Å². The quantitative estimate of drug-likeness (QED) is 0.499. The summed E-state index contributed by atoms with van der Waals surface area (Å²) in [7, 11) is -3.78. The van der Waals surface area contributed by atoms with Crippen LogP contribution in [0.1, 0.15) is 45.0 Å². The maximum atomic E-state index is 12.9. The van der Waals surface area contributed by atoms with Crippen molar-refractivity contribution < 1.29 is 32.3 Å². The fourth-order valence-corrected chi connectivity index (χ4v) is 4.61. The summed E-state index contributed by atoms with van der Waals surface area (Å²) >= 11 is 0. The third-order valence-electron chi connectivity index (χ3n) is 5.00. The van der Waals surface area contributed by atoms with Gasteiger partial charge in [-0.05, 0) is 44.9 Å².